The molecule has 24 heavy (non-hydrogen) atoms. The van der Waals surface area contributed by atoms with Crippen molar-refractivity contribution in [1.82, 2.24) is 5.32 Å². The zero-order valence-corrected chi connectivity index (χ0v) is 13.1. The van der Waals surface area contributed by atoms with Crippen molar-refractivity contribution in [3.63, 3.8) is 0 Å². The lowest BCUT2D eigenvalue weighted by atomic mass is 10.0. The lowest BCUT2D eigenvalue weighted by Gasteiger charge is -2.16. The van der Waals surface area contributed by atoms with Gasteiger partial charge in [-0.2, -0.15) is 0 Å². The smallest absolute Gasteiger partial charge is 0.328 e. The maximum absolute atomic E-state index is 13.2. The third kappa shape index (κ3) is 5.15. The average Bonchev–Trinajstić information content (AvgIpc) is 2.55. The molecule has 6 heteroatoms. The van der Waals surface area contributed by atoms with E-state index >= 15 is 0 Å². The van der Waals surface area contributed by atoms with Crippen LogP contribution in [0, 0.1) is 11.6 Å². The van der Waals surface area contributed by atoms with Crippen LogP contribution >= 0.6 is 0 Å². The number of esters is 1. The monoisotopic (exact) mass is 333 g/mol. The Kier molecular flexibility index (Phi) is 6.01. The van der Waals surface area contributed by atoms with E-state index in [-0.39, 0.29) is 12.8 Å². The van der Waals surface area contributed by atoms with Crippen molar-refractivity contribution >= 4 is 11.9 Å². The molecule has 1 N–H and O–H groups in total. The summed E-state index contributed by atoms with van der Waals surface area (Å²) in [5.41, 5.74) is 1.18. The number of carbonyl (C=O) groups is 2. The van der Waals surface area contributed by atoms with Gasteiger partial charge in [0, 0.05) is 6.42 Å². The Morgan fingerprint density at radius 1 is 1.04 bits per heavy atom. The van der Waals surface area contributed by atoms with Gasteiger partial charge in [-0.05, 0) is 35.4 Å². The number of carbonyl (C=O) groups excluding carboxylic acids is 2. The Hall–Kier alpha value is -2.76. The van der Waals surface area contributed by atoms with Crippen LogP contribution in [0.25, 0.3) is 0 Å². The van der Waals surface area contributed by atoms with Gasteiger partial charge in [0.15, 0.2) is 0 Å². The van der Waals surface area contributed by atoms with Crippen molar-refractivity contribution in [2.75, 3.05) is 7.11 Å². The molecule has 0 saturated carbocycles. The minimum absolute atomic E-state index is 0.00305. The van der Waals surface area contributed by atoms with E-state index in [1.165, 1.54) is 49.6 Å². The van der Waals surface area contributed by atoms with Gasteiger partial charge in [-0.3, -0.25) is 4.79 Å². The summed E-state index contributed by atoms with van der Waals surface area (Å²) in [7, 11) is 1.22. The highest BCUT2D eigenvalue weighted by Crippen LogP contribution is 2.09. The van der Waals surface area contributed by atoms with Crippen LogP contribution in [-0.2, 0) is 27.2 Å². The zero-order valence-electron chi connectivity index (χ0n) is 13.1. The lowest BCUT2D eigenvalue weighted by molar-refractivity contribution is -0.145. The zero-order chi connectivity index (χ0) is 17.5. The van der Waals surface area contributed by atoms with Gasteiger partial charge < -0.3 is 10.1 Å². The van der Waals surface area contributed by atoms with Crippen LogP contribution in [0.15, 0.2) is 48.5 Å². The summed E-state index contributed by atoms with van der Waals surface area (Å²) in [6.07, 6.45) is 0.108. The number of nitrogens with one attached hydrogen (secondary N) is 1. The van der Waals surface area contributed by atoms with Gasteiger partial charge >= 0.3 is 5.97 Å². The molecule has 2 rings (SSSR count). The molecule has 2 aromatic rings. The van der Waals surface area contributed by atoms with E-state index in [9.17, 15) is 18.4 Å². The minimum atomic E-state index is -0.926. The van der Waals surface area contributed by atoms with Crippen molar-refractivity contribution in [2.24, 2.45) is 0 Å². The molecule has 0 heterocycles. The molecule has 0 aromatic heterocycles. The standard InChI is InChI=1S/C18H17F2NO3/c1-24-18(23)16(10-13-3-2-4-15(20)9-13)21-17(22)11-12-5-7-14(19)8-6-12/h2-9,16H,10-11H2,1H3,(H,21,22)/t16-/m0/s1. The van der Waals surface area contributed by atoms with Gasteiger partial charge in [-0.1, -0.05) is 24.3 Å². The molecule has 0 aliphatic carbocycles. The number of hydrogen-bond acceptors (Lipinski definition) is 3. The van der Waals surface area contributed by atoms with Gasteiger partial charge in [0.05, 0.1) is 13.5 Å². The topological polar surface area (TPSA) is 55.4 Å². The lowest BCUT2D eigenvalue weighted by Crippen LogP contribution is -2.43. The Balaban J connectivity index is 2.03. The second-order valence-corrected chi connectivity index (χ2v) is 5.28. The SMILES string of the molecule is COC(=O)[C@H](Cc1cccc(F)c1)NC(=O)Cc1ccc(F)cc1. The Morgan fingerprint density at radius 2 is 1.75 bits per heavy atom. The summed E-state index contributed by atoms with van der Waals surface area (Å²) < 4.78 is 30.8. The molecule has 4 nitrogen and oxygen atoms in total. The number of hydrogen-bond donors (Lipinski definition) is 1. The second-order valence-electron chi connectivity index (χ2n) is 5.28. The number of benzene rings is 2. The Labute approximate surface area is 138 Å². The molecule has 0 saturated heterocycles. The van der Waals surface area contributed by atoms with E-state index in [4.69, 9.17) is 0 Å². The third-order valence-electron chi connectivity index (χ3n) is 3.43. The van der Waals surface area contributed by atoms with Gasteiger partial charge in [0.1, 0.15) is 17.7 Å². The van der Waals surface area contributed by atoms with Crippen LogP contribution < -0.4 is 5.32 Å². The highest BCUT2D eigenvalue weighted by Gasteiger charge is 2.22. The maximum atomic E-state index is 13.2. The predicted molar refractivity (Wildman–Crippen MR) is 84.2 cm³/mol. The van der Waals surface area contributed by atoms with E-state index in [0.717, 1.165) is 0 Å². The van der Waals surface area contributed by atoms with Crippen LogP contribution in [0.4, 0.5) is 8.78 Å². The number of halogens is 2. The first-order valence-electron chi connectivity index (χ1n) is 7.34. The summed E-state index contributed by atoms with van der Waals surface area (Å²) in [6.45, 7) is 0. The quantitative estimate of drug-likeness (QED) is 0.826. The van der Waals surface area contributed by atoms with Crippen molar-refractivity contribution in [3.05, 3.63) is 71.3 Å². The van der Waals surface area contributed by atoms with E-state index in [0.29, 0.717) is 11.1 Å². The third-order valence-corrected chi connectivity index (χ3v) is 3.43. The first-order valence-corrected chi connectivity index (χ1v) is 7.34. The van der Waals surface area contributed by atoms with Gasteiger partial charge in [-0.25, -0.2) is 13.6 Å². The molecule has 0 radical (unpaired) electrons. The highest BCUT2D eigenvalue weighted by atomic mass is 19.1. The fourth-order valence-corrected chi connectivity index (χ4v) is 2.27. The fourth-order valence-electron chi connectivity index (χ4n) is 2.27. The summed E-state index contributed by atoms with van der Waals surface area (Å²) >= 11 is 0. The Bertz CT molecular complexity index is 716. The molecule has 2 aromatic carbocycles. The normalized spacial score (nSPS) is 11.6. The summed E-state index contributed by atoms with van der Waals surface area (Å²) in [4.78, 5) is 24.0. The summed E-state index contributed by atoms with van der Waals surface area (Å²) in [5, 5.41) is 2.57. The number of rotatable bonds is 6. The molecule has 0 aliphatic rings. The van der Waals surface area contributed by atoms with E-state index in [2.05, 4.69) is 10.1 Å². The molecule has 1 amide bonds. The molecular weight excluding hydrogens is 316 g/mol. The van der Waals surface area contributed by atoms with Crippen LogP contribution in [0.3, 0.4) is 0 Å². The fraction of sp³-hybridized carbons (Fsp3) is 0.222. The first kappa shape index (κ1) is 17.6. The summed E-state index contributed by atoms with van der Waals surface area (Å²) in [5.74, 6) is -1.84. The van der Waals surface area contributed by atoms with Gasteiger partial charge in [0.2, 0.25) is 5.91 Å². The number of amides is 1. The molecule has 0 unspecified atom stereocenters. The van der Waals surface area contributed by atoms with Crippen LogP contribution in [-0.4, -0.2) is 25.0 Å². The van der Waals surface area contributed by atoms with Crippen LogP contribution in [0.1, 0.15) is 11.1 Å². The second kappa shape index (κ2) is 8.19. The molecule has 0 spiro atoms. The Morgan fingerprint density at radius 3 is 2.38 bits per heavy atom. The van der Waals surface area contributed by atoms with Gasteiger partial charge in [-0.15, -0.1) is 0 Å². The molecule has 1 atom stereocenters. The van der Waals surface area contributed by atoms with Crippen molar-refractivity contribution < 1.29 is 23.1 Å². The average molecular weight is 333 g/mol. The molecule has 0 bridgehead atoms. The maximum Gasteiger partial charge on any atom is 0.328 e. The molecule has 0 aliphatic heterocycles. The molecule has 126 valence electrons. The highest BCUT2D eigenvalue weighted by molar-refractivity contribution is 5.85. The predicted octanol–water partition coefficient (Wildman–Crippen LogP) is 2.41. The van der Waals surface area contributed by atoms with E-state index in [1.807, 2.05) is 0 Å². The van der Waals surface area contributed by atoms with Crippen LogP contribution in [0.5, 0.6) is 0 Å². The van der Waals surface area contributed by atoms with Crippen molar-refractivity contribution in [1.29, 1.82) is 0 Å². The van der Waals surface area contributed by atoms with E-state index < -0.39 is 29.6 Å². The number of ether oxygens (including phenoxy) is 1. The van der Waals surface area contributed by atoms with Crippen molar-refractivity contribution in [3.8, 4) is 0 Å². The first-order chi connectivity index (χ1) is 11.5. The van der Waals surface area contributed by atoms with Crippen molar-refractivity contribution in [2.45, 2.75) is 18.9 Å². The molecular formula is C18H17F2NO3. The summed E-state index contributed by atoms with van der Waals surface area (Å²) in [6, 6.07) is 10.4. The number of methoxy groups -OCH3 is 1. The largest absolute Gasteiger partial charge is 0.467 e. The van der Waals surface area contributed by atoms with Gasteiger partial charge in [0.25, 0.3) is 0 Å². The minimum Gasteiger partial charge on any atom is -0.467 e. The molecule has 0 fully saturated rings. The van der Waals surface area contributed by atoms with Crippen LogP contribution in [0.2, 0.25) is 0 Å². The van der Waals surface area contributed by atoms with E-state index in [1.54, 1.807) is 6.07 Å².